The zero-order valence-electron chi connectivity index (χ0n) is 10.9. The second-order valence-corrected chi connectivity index (χ2v) is 6.47. The van der Waals surface area contributed by atoms with Crippen molar-refractivity contribution in [1.82, 2.24) is 9.88 Å². The number of amides is 1. The minimum absolute atomic E-state index is 0.335. The van der Waals surface area contributed by atoms with Crippen LogP contribution in [0.1, 0.15) is 48.7 Å². The minimum atomic E-state index is 0.335. The van der Waals surface area contributed by atoms with Gasteiger partial charge in [-0.25, -0.2) is 4.98 Å². The quantitative estimate of drug-likeness (QED) is 0.823. The molecule has 1 saturated carbocycles. The highest BCUT2D eigenvalue weighted by molar-refractivity contribution is 7.09. The highest BCUT2D eigenvalue weighted by Gasteiger charge is 2.33. The average Bonchev–Trinajstić information content (AvgIpc) is 2.74. The van der Waals surface area contributed by atoms with Gasteiger partial charge in [-0.2, -0.15) is 0 Å². The van der Waals surface area contributed by atoms with Crippen molar-refractivity contribution in [3.8, 4) is 0 Å². The smallest absolute Gasteiger partial charge is 0.225 e. The van der Waals surface area contributed by atoms with E-state index in [2.05, 4.69) is 15.3 Å². The van der Waals surface area contributed by atoms with Gasteiger partial charge < -0.3 is 4.90 Å². The van der Waals surface area contributed by atoms with Gasteiger partial charge in [0, 0.05) is 36.0 Å². The van der Waals surface area contributed by atoms with Crippen molar-refractivity contribution in [3.05, 3.63) is 16.1 Å². The van der Waals surface area contributed by atoms with Gasteiger partial charge in [0.2, 0.25) is 5.91 Å². The molecule has 0 N–H and O–H groups in total. The summed E-state index contributed by atoms with van der Waals surface area (Å²) in [6.45, 7) is 3.89. The van der Waals surface area contributed by atoms with Gasteiger partial charge >= 0.3 is 0 Å². The van der Waals surface area contributed by atoms with Crippen molar-refractivity contribution >= 4 is 17.2 Å². The fourth-order valence-corrected chi connectivity index (χ4v) is 3.78. The van der Waals surface area contributed by atoms with E-state index in [1.54, 1.807) is 11.3 Å². The topological polar surface area (TPSA) is 33.2 Å². The Balaban J connectivity index is 1.66. The summed E-state index contributed by atoms with van der Waals surface area (Å²) in [4.78, 5) is 19.0. The van der Waals surface area contributed by atoms with Crippen molar-refractivity contribution < 1.29 is 4.79 Å². The number of thiazole rings is 1. The predicted octanol–water partition coefficient (Wildman–Crippen LogP) is 2.96. The molecule has 1 aromatic heterocycles. The van der Waals surface area contributed by atoms with Gasteiger partial charge in [-0.15, -0.1) is 11.3 Å². The van der Waals surface area contributed by atoms with Gasteiger partial charge in [0.25, 0.3) is 0 Å². The van der Waals surface area contributed by atoms with Crippen LogP contribution >= 0.6 is 11.3 Å². The van der Waals surface area contributed by atoms with E-state index in [1.165, 1.54) is 17.8 Å². The Morgan fingerprint density at radius 2 is 2.22 bits per heavy atom. The third-order valence-corrected chi connectivity index (χ3v) is 5.30. The van der Waals surface area contributed by atoms with Gasteiger partial charge in [0.05, 0.1) is 5.01 Å². The number of piperidine rings is 1. The molecule has 2 heterocycles. The lowest BCUT2D eigenvalue weighted by Gasteiger charge is -2.36. The van der Waals surface area contributed by atoms with Gasteiger partial charge in [-0.1, -0.05) is 6.42 Å². The Labute approximate surface area is 112 Å². The molecule has 2 fully saturated rings. The summed E-state index contributed by atoms with van der Waals surface area (Å²) in [5.74, 6) is 1.21. The first-order chi connectivity index (χ1) is 8.74. The minimum Gasteiger partial charge on any atom is -0.342 e. The number of hydrogen-bond donors (Lipinski definition) is 0. The maximum atomic E-state index is 12.3. The molecule has 1 aromatic rings. The van der Waals surface area contributed by atoms with E-state index in [1.807, 2.05) is 6.92 Å². The van der Waals surface area contributed by atoms with E-state index in [0.29, 0.717) is 17.7 Å². The summed E-state index contributed by atoms with van der Waals surface area (Å²) >= 11 is 1.75. The SMILES string of the molecule is Cc1csc([C@@H]2CCCN(C(=O)C3CCC3)C2)n1. The third-order valence-electron chi connectivity index (χ3n) is 4.17. The molecule has 1 amide bonds. The number of carbonyl (C=O) groups excluding carboxylic acids is 1. The van der Waals surface area contributed by atoms with Crippen LogP contribution in [-0.2, 0) is 4.79 Å². The van der Waals surface area contributed by atoms with Gasteiger partial charge in [-0.05, 0) is 32.6 Å². The molecule has 0 spiro atoms. The summed E-state index contributed by atoms with van der Waals surface area (Å²) < 4.78 is 0. The van der Waals surface area contributed by atoms with E-state index < -0.39 is 0 Å². The Kier molecular flexibility index (Phi) is 3.37. The zero-order valence-corrected chi connectivity index (χ0v) is 11.7. The average molecular weight is 264 g/mol. The van der Waals surface area contributed by atoms with Crippen LogP contribution in [0.25, 0.3) is 0 Å². The maximum Gasteiger partial charge on any atom is 0.225 e. The zero-order chi connectivity index (χ0) is 12.5. The molecule has 1 saturated heterocycles. The van der Waals surface area contributed by atoms with Crippen LogP contribution in [0.15, 0.2) is 5.38 Å². The first-order valence-corrected chi connectivity index (χ1v) is 7.83. The van der Waals surface area contributed by atoms with Crippen molar-refractivity contribution in [3.63, 3.8) is 0 Å². The van der Waals surface area contributed by atoms with Crippen LogP contribution < -0.4 is 0 Å². The molecule has 1 aliphatic carbocycles. The normalized spacial score (nSPS) is 24.9. The molecular formula is C14H20N2OS. The number of hydrogen-bond acceptors (Lipinski definition) is 3. The molecule has 0 radical (unpaired) electrons. The molecule has 18 heavy (non-hydrogen) atoms. The standard InChI is InChI=1S/C14H20N2OS/c1-10-9-18-13(15-10)12-6-3-7-16(8-12)14(17)11-4-2-5-11/h9,11-12H,2-8H2,1H3/t12-/m1/s1. The monoisotopic (exact) mass is 264 g/mol. The van der Waals surface area contributed by atoms with Crippen molar-refractivity contribution in [2.75, 3.05) is 13.1 Å². The number of carbonyl (C=O) groups is 1. The largest absolute Gasteiger partial charge is 0.342 e. The second kappa shape index (κ2) is 5.00. The van der Waals surface area contributed by atoms with Gasteiger partial charge in [0.15, 0.2) is 0 Å². The van der Waals surface area contributed by atoms with E-state index in [-0.39, 0.29) is 0 Å². The lowest BCUT2D eigenvalue weighted by atomic mass is 9.83. The summed E-state index contributed by atoms with van der Waals surface area (Å²) in [5, 5.41) is 3.33. The second-order valence-electron chi connectivity index (χ2n) is 5.58. The van der Waals surface area contributed by atoms with E-state index in [9.17, 15) is 4.79 Å². The molecule has 3 rings (SSSR count). The number of aryl methyl sites for hydroxylation is 1. The summed E-state index contributed by atoms with van der Waals surface area (Å²) in [6.07, 6.45) is 5.76. The summed E-state index contributed by atoms with van der Waals surface area (Å²) in [7, 11) is 0. The Hall–Kier alpha value is -0.900. The Morgan fingerprint density at radius 3 is 2.83 bits per heavy atom. The van der Waals surface area contributed by atoms with Crippen LogP contribution in [-0.4, -0.2) is 28.9 Å². The van der Waals surface area contributed by atoms with Crippen LogP contribution in [0.4, 0.5) is 0 Å². The summed E-state index contributed by atoms with van der Waals surface area (Å²) in [5.41, 5.74) is 1.11. The molecule has 0 aromatic carbocycles. The molecule has 1 aliphatic heterocycles. The Morgan fingerprint density at radius 1 is 1.39 bits per heavy atom. The van der Waals surface area contributed by atoms with Crippen LogP contribution in [0.5, 0.6) is 0 Å². The molecule has 0 bridgehead atoms. The van der Waals surface area contributed by atoms with Crippen molar-refractivity contribution in [1.29, 1.82) is 0 Å². The third kappa shape index (κ3) is 2.30. The van der Waals surface area contributed by atoms with E-state index in [0.717, 1.165) is 38.0 Å². The molecule has 3 nitrogen and oxygen atoms in total. The fourth-order valence-electron chi connectivity index (χ4n) is 2.85. The lowest BCUT2D eigenvalue weighted by Crippen LogP contribution is -2.44. The maximum absolute atomic E-state index is 12.3. The molecule has 2 aliphatic rings. The van der Waals surface area contributed by atoms with Crippen LogP contribution in [0, 0.1) is 12.8 Å². The molecule has 1 atom stereocenters. The van der Waals surface area contributed by atoms with Gasteiger partial charge in [-0.3, -0.25) is 4.79 Å². The summed E-state index contributed by atoms with van der Waals surface area (Å²) in [6, 6.07) is 0. The van der Waals surface area contributed by atoms with Crippen LogP contribution in [0.3, 0.4) is 0 Å². The first-order valence-electron chi connectivity index (χ1n) is 6.95. The lowest BCUT2D eigenvalue weighted by molar-refractivity contribution is -0.139. The van der Waals surface area contributed by atoms with E-state index >= 15 is 0 Å². The highest BCUT2D eigenvalue weighted by atomic mass is 32.1. The number of likely N-dealkylation sites (tertiary alicyclic amines) is 1. The molecule has 0 unspecified atom stereocenters. The van der Waals surface area contributed by atoms with Gasteiger partial charge in [0.1, 0.15) is 0 Å². The highest BCUT2D eigenvalue weighted by Crippen LogP contribution is 2.33. The number of nitrogens with zero attached hydrogens (tertiary/aromatic N) is 2. The molecular weight excluding hydrogens is 244 g/mol. The predicted molar refractivity (Wildman–Crippen MR) is 72.7 cm³/mol. The Bertz CT molecular complexity index is 439. The van der Waals surface area contributed by atoms with Crippen molar-refractivity contribution in [2.45, 2.75) is 44.9 Å². The first kappa shape index (κ1) is 12.2. The number of aromatic nitrogens is 1. The van der Waals surface area contributed by atoms with E-state index in [4.69, 9.17) is 0 Å². The molecule has 4 heteroatoms. The van der Waals surface area contributed by atoms with Crippen molar-refractivity contribution in [2.24, 2.45) is 5.92 Å². The molecule has 98 valence electrons. The fraction of sp³-hybridized carbons (Fsp3) is 0.714. The van der Waals surface area contributed by atoms with Crippen LogP contribution in [0.2, 0.25) is 0 Å². The number of rotatable bonds is 2.